The molecule has 9 rings (SSSR count). The minimum atomic E-state index is 0.655. The van der Waals surface area contributed by atoms with Crippen LogP contribution in [0.2, 0.25) is 0 Å². The van der Waals surface area contributed by atoms with E-state index in [0.29, 0.717) is 17.5 Å². The standard InChI is InChI=1S/C37H21N3O/c1-3-10-22(11-4-1)35-38-36(23-12-5-2-6-13-23)40-37(39-35)24-18-19-25-27-15-9-16-28-33(27)30(29(25)20-24)21-31-26-14-7-8-17-32(26)41-34(28)31/h1-21H. The molecule has 4 heteroatoms. The van der Waals surface area contributed by atoms with Gasteiger partial charge in [0.15, 0.2) is 17.5 Å². The topological polar surface area (TPSA) is 51.8 Å². The van der Waals surface area contributed by atoms with Crippen LogP contribution in [0.25, 0.3) is 89.1 Å². The minimum absolute atomic E-state index is 0.655. The SMILES string of the molecule is c1ccc(-c2nc(-c3ccccc3)nc(-c3ccc4c(c3)-c3cc5c6ccccc6oc5c5cccc-4c35)n2)cc1. The van der Waals surface area contributed by atoms with E-state index >= 15 is 0 Å². The highest BCUT2D eigenvalue weighted by Gasteiger charge is 2.25. The zero-order valence-electron chi connectivity index (χ0n) is 21.9. The summed E-state index contributed by atoms with van der Waals surface area (Å²) in [5.74, 6) is 1.97. The molecule has 0 spiro atoms. The molecule has 0 saturated heterocycles. The third kappa shape index (κ3) is 3.31. The van der Waals surface area contributed by atoms with Crippen molar-refractivity contribution in [2.24, 2.45) is 0 Å². The molecule has 0 aliphatic heterocycles. The summed E-state index contributed by atoms with van der Waals surface area (Å²) in [4.78, 5) is 14.8. The number of aromatic nitrogens is 3. The van der Waals surface area contributed by atoms with Crippen molar-refractivity contribution in [3.8, 4) is 56.4 Å². The molecule has 0 atom stereocenters. The lowest BCUT2D eigenvalue weighted by Crippen LogP contribution is -2.00. The number of rotatable bonds is 3. The summed E-state index contributed by atoms with van der Waals surface area (Å²) < 4.78 is 6.38. The van der Waals surface area contributed by atoms with E-state index in [1.54, 1.807) is 0 Å². The highest BCUT2D eigenvalue weighted by Crippen LogP contribution is 2.51. The van der Waals surface area contributed by atoms with Gasteiger partial charge in [-0.1, -0.05) is 109 Å². The number of para-hydroxylation sites is 1. The van der Waals surface area contributed by atoms with Crippen molar-refractivity contribution in [3.63, 3.8) is 0 Å². The zero-order chi connectivity index (χ0) is 26.9. The zero-order valence-corrected chi connectivity index (χ0v) is 21.9. The Kier molecular flexibility index (Phi) is 4.58. The second kappa shape index (κ2) is 8.44. The Morgan fingerprint density at radius 2 is 1.02 bits per heavy atom. The number of hydrogen-bond donors (Lipinski definition) is 0. The molecule has 8 aromatic rings. The lowest BCUT2D eigenvalue weighted by Gasteiger charge is -2.10. The van der Waals surface area contributed by atoms with Crippen LogP contribution in [0.1, 0.15) is 0 Å². The smallest absolute Gasteiger partial charge is 0.164 e. The highest BCUT2D eigenvalue weighted by molar-refractivity contribution is 6.26. The molecule has 0 saturated carbocycles. The van der Waals surface area contributed by atoms with E-state index in [0.717, 1.165) is 44.0 Å². The monoisotopic (exact) mass is 523 g/mol. The Labute approximate surface area is 235 Å². The Balaban J connectivity index is 1.28. The summed E-state index contributed by atoms with van der Waals surface area (Å²) in [7, 11) is 0. The summed E-state index contributed by atoms with van der Waals surface area (Å²) in [6, 6.07) is 43.8. The van der Waals surface area contributed by atoms with Crippen LogP contribution in [-0.4, -0.2) is 15.0 Å². The number of nitrogens with zero attached hydrogens (tertiary/aromatic N) is 3. The lowest BCUT2D eigenvalue weighted by molar-refractivity contribution is 0.672. The van der Waals surface area contributed by atoms with Gasteiger partial charge in [0.25, 0.3) is 0 Å². The quantitative estimate of drug-likeness (QED) is 0.231. The van der Waals surface area contributed by atoms with E-state index < -0.39 is 0 Å². The number of hydrogen-bond acceptors (Lipinski definition) is 4. The van der Waals surface area contributed by atoms with E-state index in [2.05, 4.69) is 54.6 Å². The molecule has 0 amide bonds. The van der Waals surface area contributed by atoms with E-state index in [1.165, 1.54) is 27.6 Å². The van der Waals surface area contributed by atoms with Gasteiger partial charge in [0, 0.05) is 38.2 Å². The second-order valence-electron chi connectivity index (χ2n) is 10.4. The van der Waals surface area contributed by atoms with Gasteiger partial charge in [-0.05, 0) is 40.5 Å². The van der Waals surface area contributed by atoms with Crippen molar-refractivity contribution >= 4 is 32.7 Å². The number of furan rings is 1. The first-order chi connectivity index (χ1) is 20.3. The fourth-order valence-electron chi connectivity index (χ4n) is 6.17. The van der Waals surface area contributed by atoms with Gasteiger partial charge in [0.1, 0.15) is 11.2 Å². The molecule has 4 nitrogen and oxygen atoms in total. The fraction of sp³-hybridized carbons (Fsp3) is 0. The lowest BCUT2D eigenvalue weighted by atomic mass is 9.99. The summed E-state index contributed by atoms with van der Waals surface area (Å²) in [5.41, 5.74) is 9.57. The number of fused-ring (bicyclic) bond motifs is 7. The van der Waals surface area contributed by atoms with Crippen molar-refractivity contribution < 1.29 is 4.42 Å². The van der Waals surface area contributed by atoms with E-state index in [1.807, 2.05) is 72.8 Å². The first kappa shape index (κ1) is 22.2. The van der Waals surface area contributed by atoms with Crippen LogP contribution in [0.3, 0.4) is 0 Å². The maximum Gasteiger partial charge on any atom is 0.164 e. The molecule has 190 valence electrons. The van der Waals surface area contributed by atoms with Gasteiger partial charge in [-0.2, -0.15) is 0 Å². The van der Waals surface area contributed by atoms with Crippen LogP contribution in [0.5, 0.6) is 0 Å². The normalized spacial score (nSPS) is 11.9. The molecule has 0 unspecified atom stereocenters. The third-order valence-electron chi connectivity index (χ3n) is 8.06. The Hall–Kier alpha value is -5.61. The Morgan fingerprint density at radius 3 is 1.76 bits per heavy atom. The molecule has 6 aromatic carbocycles. The second-order valence-corrected chi connectivity index (χ2v) is 10.4. The molecule has 0 N–H and O–H groups in total. The molecule has 2 heterocycles. The van der Waals surface area contributed by atoms with Crippen molar-refractivity contribution in [3.05, 3.63) is 127 Å². The van der Waals surface area contributed by atoms with Crippen LogP contribution >= 0.6 is 0 Å². The van der Waals surface area contributed by atoms with Gasteiger partial charge in [-0.25, -0.2) is 15.0 Å². The van der Waals surface area contributed by atoms with E-state index in [-0.39, 0.29) is 0 Å². The molecule has 41 heavy (non-hydrogen) atoms. The van der Waals surface area contributed by atoms with Crippen LogP contribution in [0, 0.1) is 0 Å². The van der Waals surface area contributed by atoms with Crippen molar-refractivity contribution in [1.82, 2.24) is 15.0 Å². The predicted molar refractivity (Wildman–Crippen MR) is 165 cm³/mol. The molecular formula is C37H21N3O. The van der Waals surface area contributed by atoms with Gasteiger partial charge in [0.2, 0.25) is 0 Å². The molecular weight excluding hydrogens is 502 g/mol. The van der Waals surface area contributed by atoms with Gasteiger partial charge >= 0.3 is 0 Å². The molecule has 0 radical (unpaired) electrons. The highest BCUT2D eigenvalue weighted by atomic mass is 16.3. The molecule has 0 bridgehead atoms. The maximum atomic E-state index is 6.38. The predicted octanol–water partition coefficient (Wildman–Crippen LogP) is 9.57. The minimum Gasteiger partial charge on any atom is -0.455 e. The summed E-state index contributed by atoms with van der Waals surface area (Å²) >= 11 is 0. The first-order valence-corrected chi connectivity index (χ1v) is 13.7. The Morgan fingerprint density at radius 1 is 0.390 bits per heavy atom. The average Bonchev–Trinajstić information content (AvgIpc) is 3.58. The van der Waals surface area contributed by atoms with E-state index in [4.69, 9.17) is 19.4 Å². The van der Waals surface area contributed by atoms with Crippen molar-refractivity contribution in [1.29, 1.82) is 0 Å². The van der Waals surface area contributed by atoms with E-state index in [9.17, 15) is 0 Å². The number of benzene rings is 6. The van der Waals surface area contributed by atoms with Crippen LogP contribution in [0.15, 0.2) is 132 Å². The first-order valence-electron chi connectivity index (χ1n) is 13.7. The van der Waals surface area contributed by atoms with Crippen molar-refractivity contribution in [2.45, 2.75) is 0 Å². The molecule has 1 aliphatic rings. The summed E-state index contributed by atoms with van der Waals surface area (Å²) in [6.45, 7) is 0. The van der Waals surface area contributed by atoms with Gasteiger partial charge in [-0.3, -0.25) is 0 Å². The maximum absolute atomic E-state index is 6.38. The van der Waals surface area contributed by atoms with Gasteiger partial charge in [-0.15, -0.1) is 0 Å². The largest absolute Gasteiger partial charge is 0.455 e. The summed E-state index contributed by atoms with van der Waals surface area (Å²) in [5, 5.41) is 4.64. The molecule has 2 aromatic heterocycles. The molecule has 1 aliphatic carbocycles. The van der Waals surface area contributed by atoms with Crippen LogP contribution in [0.4, 0.5) is 0 Å². The summed E-state index contributed by atoms with van der Waals surface area (Å²) in [6.07, 6.45) is 0. The average molecular weight is 524 g/mol. The van der Waals surface area contributed by atoms with Crippen LogP contribution in [-0.2, 0) is 0 Å². The third-order valence-corrected chi connectivity index (χ3v) is 8.06. The van der Waals surface area contributed by atoms with Crippen LogP contribution < -0.4 is 0 Å². The van der Waals surface area contributed by atoms with Gasteiger partial charge < -0.3 is 4.42 Å². The Bertz CT molecular complexity index is 2250. The van der Waals surface area contributed by atoms with Crippen molar-refractivity contribution in [2.75, 3.05) is 0 Å². The fourth-order valence-corrected chi connectivity index (χ4v) is 6.17. The molecule has 0 fully saturated rings. The van der Waals surface area contributed by atoms with Gasteiger partial charge in [0.05, 0.1) is 0 Å².